The van der Waals surface area contributed by atoms with E-state index in [2.05, 4.69) is 18.2 Å². The van der Waals surface area contributed by atoms with E-state index in [-0.39, 0.29) is 11.7 Å². The Hall–Kier alpha value is -2.32. The van der Waals surface area contributed by atoms with Crippen molar-refractivity contribution < 1.29 is 9.53 Å². The highest BCUT2D eigenvalue weighted by Crippen LogP contribution is 2.45. The Kier molecular flexibility index (Phi) is 4.35. The maximum Gasteiger partial charge on any atom is 0.226 e. The van der Waals surface area contributed by atoms with E-state index >= 15 is 0 Å². The summed E-state index contributed by atoms with van der Waals surface area (Å²) in [6.45, 7) is 2.04. The fourth-order valence-electron chi connectivity index (χ4n) is 2.97. The van der Waals surface area contributed by atoms with Crippen LogP contribution in [0.5, 0.6) is 5.75 Å². The number of hydrogen-bond donors (Lipinski definition) is 0. The van der Waals surface area contributed by atoms with Gasteiger partial charge in [-0.25, -0.2) is 0 Å². The number of halogens is 1. The highest BCUT2D eigenvalue weighted by atomic mass is 35.5. The van der Waals surface area contributed by atoms with Gasteiger partial charge in [0.05, 0.1) is 7.11 Å². The summed E-state index contributed by atoms with van der Waals surface area (Å²) in [6, 6.07) is 16.1. The highest BCUT2D eigenvalue weighted by molar-refractivity contribution is 6.64. The van der Waals surface area contributed by atoms with Crippen molar-refractivity contribution in [1.82, 2.24) is 0 Å². The summed E-state index contributed by atoms with van der Waals surface area (Å²) >= 11 is 5.65. The average molecular weight is 325 g/mol. The normalized spacial score (nSPS) is 15.0. The quantitative estimate of drug-likeness (QED) is 0.724. The molecule has 2 aromatic carbocycles. The van der Waals surface area contributed by atoms with Gasteiger partial charge in [0.15, 0.2) is 0 Å². The Labute approximate surface area is 141 Å². The van der Waals surface area contributed by atoms with Gasteiger partial charge in [-0.1, -0.05) is 36.4 Å². The minimum Gasteiger partial charge on any atom is -0.497 e. The smallest absolute Gasteiger partial charge is 0.226 e. The van der Waals surface area contributed by atoms with Crippen LogP contribution in [-0.2, 0) is 4.79 Å². The zero-order chi connectivity index (χ0) is 16.4. The van der Waals surface area contributed by atoms with Crippen LogP contribution in [0.25, 0.3) is 17.2 Å². The summed E-state index contributed by atoms with van der Waals surface area (Å²) in [5.41, 5.74) is 6.45. The van der Waals surface area contributed by atoms with Gasteiger partial charge in [0.25, 0.3) is 0 Å². The van der Waals surface area contributed by atoms with Crippen molar-refractivity contribution in [2.45, 2.75) is 13.3 Å². The van der Waals surface area contributed by atoms with Crippen LogP contribution in [0, 0.1) is 0 Å². The summed E-state index contributed by atoms with van der Waals surface area (Å²) in [5.74, 6) is 0.775. The molecule has 0 amide bonds. The monoisotopic (exact) mass is 324 g/mol. The maximum atomic E-state index is 11.5. The fraction of sp³-hybridized carbons (Fsp3) is 0.150. The molecule has 0 saturated heterocycles. The van der Waals surface area contributed by atoms with Gasteiger partial charge in [0.2, 0.25) is 5.24 Å². The third-order valence-electron chi connectivity index (χ3n) is 4.13. The number of hydrogen-bond acceptors (Lipinski definition) is 2. The van der Waals surface area contributed by atoms with Crippen LogP contribution in [0.15, 0.2) is 54.1 Å². The molecule has 3 heteroatoms. The molecule has 2 nitrogen and oxygen atoms in total. The largest absolute Gasteiger partial charge is 0.497 e. The summed E-state index contributed by atoms with van der Waals surface area (Å²) in [7, 11) is 1.64. The van der Waals surface area contributed by atoms with Gasteiger partial charge < -0.3 is 4.74 Å². The highest BCUT2D eigenvalue weighted by Gasteiger charge is 2.25. The third-order valence-corrected chi connectivity index (χ3v) is 4.26. The fourth-order valence-corrected chi connectivity index (χ4v) is 3.10. The molecule has 1 aliphatic carbocycles. The van der Waals surface area contributed by atoms with Crippen molar-refractivity contribution in [3.05, 3.63) is 70.8 Å². The molecule has 0 bridgehead atoms. The summed E-state index contributed by atoms with van der Waals surface area (Å²) in [6.07, 6.45) is 2.37. The van der Waals surface area contributed by atoms with Gasteiger partial charge in [0.1, 0.15) is 5.75 Å². The van der Waals surface area contributed by atoms with Crippen LogP contribution in [-0.4, -0.2) is 12.4 Å². The minimum absolute atomic E-state index is 0.222. The molecule has 0 fully saturated rings. The van der Waals surface area contributed by atoms with Gasteiger partial charge in [-0.05, 0) is 70.1 Å². The predicted molar refractivity (Wildman–Crippen MR) is 95.4 cm³/mol. The molecule has 2 aromatic rings. The number of rotatable bonds is 4. The van der Waals surface area contributed by atoms with Crippen molar-refractivity contribution in [2.75, 3.05) is 7.11 Å². The maximum absolute atomic E-state index is 11.5. The molecule has 0 saturated carbocycles. The van der Waals surface area contributed by atoms with E-state index in [1.807, 2.05) is 43.3 Å². The van der Waals surface area contributed by atoms with E-state index in [1.54, 1.807) is 7.11 Å². The van der Waals surface area contributed by atoms with Gasteiger partial charge in [-0.2, -0.15) is 0 Å². The summed E-state index contributed by atoms with van der Waals surface area (Å²) in [5, 5.41) is -0.353. The molecular formula is C20H17ClO2. The molecule has 0 radical (unpaired) electrons. The Morgan fingerprint density at radius 3 is 2.52 bits per heavy atom. The molecule has 0 N–H and O–H groups in total. The Balaban J connectivity index is 2.17. The molecule has 0 aliphatic heterocycles. The molecule has 0 aromatic heterocycles. The molecule has 0 atom stereocenters. The second-order valence-electron chi connectivity index (χ2n) is 5.52. The Morgan fingerprint density at radius 2 is 1.87 bits per heavy atom. The third kappa shape index (κ3) is 3.08. The summed E-state index contributed by atoms with van der Waals surface area (Å²) < 4.78 is 5.32. The standard InChI is InChI=1S/C20H17ClO2/c1-13-17(10-14-6-4-3-5-7-14)16-9-8-15(23-2)11-19(16)18(13)12-20(21)22/h3-11H,12H2,1-2H3. The van der Waals surface area contributed by atoms with Gasteiger partial charge >= 0.3 is 0 Å². The zero-order valence-corrected chi connectivity index (χ0v) is 13.9. The van der Waals surface area contributed by atoms with Crippen LogP contribution in [0.1, 0.15) is 30.0 Å². The molecule has 3 rings (SSSR count). The number of ether oxygens (including phenoxy) is 1. The molecule has 0 unspecified atom stereocenters. The lowest BCUT2D eigenvalue weighted by Crippen LogP contribution is -1.92. The number of allylic oxidation sites excluding steroid dienone is 3. The second kappa shape index (κ2) is 6.43. The van der Waals surface area contributed by atoms with E-state index in [0.29, 0.717) is 0 Å². The number of methoxy groups -OCH3 is 1. The van der Waals surface area contributed by atoms with E-state index in [0.717, 1.165) is 39.2 Å². The number of carbonyl (C=O) groups excluding carboxylic acids is 1. The Morgan fingerprint density at radius 1 is 1.13 bits per heavy atom. The number of benzene rings is 2. The van der Waals surface area contributed by atoms with E-state index in [1.165, 1.54) is 0 Å². The lowest BCUT2D eigenvalue weighted by atomic mass is 10.0. The van der Waals surface area contributed by atoms with Crippen LogP contribution in [0.3, 0.4) is 0 Å². The first-order chi connectivity index (χ1) is 11.1. The first kappa shape index (κ1) is 15.6. The molecule has 23 heavy (non-hydrogen) atoms. The van der Waals surface area contributed by atoms with Crippen molar-refractivity contribution in [2.24, 2.45) is 0 Å². The van der Waals surface area contributed by atoms with Crippen LogP contribution in [0.4, 0.5) is 0 Å². The number of carbonyl (C=O) groups is 1. The van der Waals surface area contributed by atoms with Crippen LogP contribution >= 0.6 is 11.6 Å². The summed E-state index contributed by atoms with van der Waals surface area (Å²) in [4.78, 5) is 11.5. The number of fused-ring (bicyclic) bond motifs is 1. The Bertz CT molecular complexity index is 817. The second-order valence-corrected chi connectivity index (χ2v) is 5.94. The molecule has 0 heterocycles. The minimum atomic E-state index is -0.353. The van der Waals surface area contributed by atoms with Gasteiger partial charge in [-0.3, -0.25) is 4.79 Å². The van der Waals surface area contributed by atoms with Crippen molar-refractivity contribution in [3.63, 3.8) is 0 Å². The van der Waals surface area contributed by atoms with Crippen molar-refractivity contribution in [1.29, 1.82) is 0 Å². The lowest BCUT2D eigenvalue weighted by Gasteiger charge is -2.07. The van der Waals surface area contributed by atoms with Crippen LogP contribution in [0.2, 0.25) is 0 Å². The topological polar surface area (TPSA) is 26.3 Å². The van der Waals surface area contributed by atoms with Gasteiger partial charge in [-0.15, -0.1) is 0 Å². The van der Waals surface area contributed by atoms with Crippen molar-refractivity contribution >= 4 is 34.1 Å². The average Bonchev–Trinajstić information content (AvgIpc) is 2.80. The van der Waals surface area contributed by atoms with Crippen molar-refractivity contribution in [3.8, 4) is 5.75 Å². The lowest BCUT2D eigenvalue weighted by molar-refractivity contribution is -0.110. The zero-order valence-electron chi connectivity index (χ0n) is 13.1. The van der Waals surface area contributed by atoms with E-state index in [9.17, 15) is 4.79 Å². The molecule has 1 aliphatic rings. The predicted octanol–water partition coefficient (Wildman–Crippen LogP) is 5.18. The van der Waals surface area contributed by atoms with E-state index in [4.69, 9.17) is 16.3 Å². The molecule has 0 spiro atoms. The van der Waals surface area contributed by atoms with Gasteiger partial charge in [0, 0.05) is 6.42 Å². The molecule has 116 valence electrons. The SMILES string of the molecule is COc1ccc2c(c1)C(CC(=O)Cl)=C(C)C2=Cc1ccccc1. The van der Waals surface area contributed by atoms with Crippen LogP contribution < -0.4 is 4.74 Å². The van der Waals surface area contributed by atoms with E-state index < -0.39 is 0 Å². The first-order valence-corrected chi connectivity index (χ1v) is 7.82. The molecular weight excluding hydrogens is 308 g/mol. The first-order valence-electron chi connectivity index (χ1n) is 7.44.